The summed E-state index contributed by atoms with van der Waals surface area (Å²) in [6.45, 7) is 6.95. The largest absolute Gasteiger partial charge is 0.494 e. The topological polar surface area (TPSA) is 36.3 Å². The van der Waals surface area contributed by atoms with Crippen molar-refractivity contribution in [3.63, 3.8) is 0 Å². The van der Waals surface area contributed by atoms with Gasteiger partial charge < -0.3 is 4.74 Å². The van der Waals surface area contributed by atoms with E-state index >= 15 is 0 Å². The molecule has 0 bridgehead atoms. The molecule has 0 spiro atoms. The fourth-order valence-corrected chi connectivity index (χ4v) is 2.74. The van der Waals surface area contributed by atoms with Crippen LogP contribution in [0.4, 0.5) is 0 Å². The van der Waals surface area contributed by atoms with Gasteiger partial charge in [-0.2, -0.15) is 5.26 Å². The molecule has 0 aromatic heterocycles. The van der Waals surface area contributed by atoms with Crippen LogP contribution < -0.4 is 4.74 Å². The molecule has 102 valence electrons. The number of likely N-dealkylation sites (tertiary alicyclic amines) is 1. The van der Waals surface area contributed by atoms with Crippen molar-refractivity contribution >= 4 is 0 Å². The lowest BCUT2D eigenvalue weighted by molar-refractivity contribution is 0.156. The molecule has 0 N–H and O–H groups in total. The van der Waals surface area contributed by atoms with Crippen molar-refractivity contribution in [3.8, 4) is 11.8 Å². The summed E-state index contributed by atoms with van der Waals surface area (Å²) in [4.78, 5) is 2.30. The van der Waals surface area contributed by atoms with E-state index in [1.807, 2.05) is 31.2 Å². The molecule has 1 fully saturated rings. The normalized spacial score (nSPS) is 21.6. The number of rotatable bonds is 4. The van der Waals surface area contributed by atoms with Gasteiger partial charge in [0.2, 0.25) is 0 Å². The van der Waals surface area contributed by atoms with Gasteiger partial charge in [0.1, 0.15) is 11.8 Å². The first kappa shape index (κ1) is 13.9. The summed E-state index contributed by atoms with van der Waals surface area (Å²) in [7, 11) is 0. The van der Waals surface area contributed by atoms with Crippen molar-refractivity contribution in [2.45, 2.75) is 32.7 Å². The second-order valence-electron chi connectivity index (χ2n) is 5.28. The quantitative estimate of drug-likeness (QED) is 0.830. The zero-order valence-corrected chi connectivity index (χ0v) is 11.8. The summed E-state index contributed by atoms with van der Waals surface area (Å²) in [5, 5.41) is 9.47. The van der Waals surface area contributed by atoms with Crippen molar-refractivity contribution in [2.75, 3.05) is 19.7 Å². The van der Waals surface area contributed by atoms with E-state index in [0.717, 1.165) is 24.4 Å². The SMILES string of the molecule is CCOc1ccc(C(C#N)N2CCCC(C)C2)cc1. The third-order valence-corrected chi connectivity index (χ3v) is 3.68. The molecule has 0 saturated carbocycles. The van der Waals surface area contributed by atoms with Crippen LogP contribution in [0.2, 0.25) is 0 Å². The highest BCUT2D eigenvalue weighted by Crippen LogP contribution is 2.27. The van der Waals surface area contributed by atoms with Crippen molar-refractivity contribution in [3.05, 3.63) is 29.8 Å². The van der Waals surface area contributed by atoms with Crippen LogP contribution in [-0.4, -0.2) is 24.6 Å². The van der Waals surface area contributed by atoms with Crippen LogP contribution in [0.25, 0.3) is 0 Å². The summed E-state index contributed by atoms with van der Waals surface area (Å²) in [6, 6.07) is 10.3. The Morgan fingerprint density at radius 2 is 2.16 bits per heavy atom. The Balaban J connectivity index is 2.10. The first-order valence-corrected chi connectivity index (χ1v) is 7.11. The highest BCUT2D eigenvalue weighted by molar-refractivity contribution is 5.31. The lowest BCUT2D eigenvalue weighted by Crippen LogP contribution is -2.36. The van der Waals surface area contributed by atoms with Crippen LogP contribution in [0.15, 0.2) is 24.3 Å². The lowest BCUT2D eigenvalue weighted by atomic mass is 9.96. The minimum absolute atomic E-state index is 0.126. The minimum atomic E-state index is -0.126. The Labute approximate surface area is 115 Å². The molecular formula is C16H22N2O. The molecule has 3 heteroatoms. The highest BCUT2D eigenvalue weighted by atomic mass is 16.5. The maximum absolute atomic E-state index is 9.47. The Kier molecular flexibility index (Phi) is 4.81. The van der Waals surface area contributed by atoms with Crippen LogP contribution in [0.5, 0.6) is 5.75 Å². The van der Waals surface area contributed by atoms with Gasteiger partial charge in [-0.1, -0.05) is 19.1 Å². The molecule has 0 amide bonds. The van der Waals surface area contributed by atoms with E-state index in [1.165, 1.54) is 12.8 Å². The van der Waals surface area contributed by atoms with Crippen LogP contribution in [0.1, 0.15) is 38.3 Å². The maximum Gasteiger partial charge on any atom is 0.123 e. The van der Waals surface area contributed by atoms with Crippen molar-refractivity contribution < 1.29 is 4.74 Å². The molecular weight excluding hydrogens is 236 g/mol. The Hall–Kier alpha value is -1.53. The smallest absolute Gasteiger partial charge is 0.123 e. The van der Waals surface area contributed by atoms with E-state index in [4.69, 9.17) is 4.74 Å². The number of ether oxygens (including phenoxy) is 1. The van der Waals surface area contributed by atoms with Crippen LogP contribution in [0, 0.1) is 17.2 Å². The molecule has 0 aliphatic carbocycles. The predicted octanol–water partition coefficient (Wildman–Crippen LogP) is 3.38. The third-order valence-electron chi connectivity index (χ3n) is 3.68. The minimum Gasteiger partial charge on any atom is -0.494 e. The number of hydrogen-bond donors (Lipinski definition) is 0. The molecule has 0 radical (unpaired) electrons. The van der Waals surface area contributed by atoms with Gasteiger partial charge >= 0.3 is 0 Å². The number of piperidine rings is 1. The van der Waals surface area contributed by atoms with Crippen LogP contribution in [-0.2, 0) is 0 Å². The van der Waals surface area contributed by atoms with Gasteiger partial charge in [-0.05, 0) is 49.9 Å². The molecule has 1 saturated heterocycles. The zero-order chi connectivity index (χ0) is 13.7. The Morgan fingerprint density at radius 1 is 1.42 bits per heavy atom. The molecule has 2 rings (SSSR count). The van der Waals surface area contributed by atoms with Crippen molar-refractivity contribution in [2.24, 2.45) is 5.92 Å². The highest BCUT2D eigenvalue weighted by Gasteiger charge is 2.24. The average Bonchev–Trinajstić information content (AvgIpc) is 2.42. The van der Waals surface area contributed by atoms with Gasteiger partial charge in [-0.3, -0.25) is 4.90 Å². The molecule has 2 atom stereocenters. The summed E-state index contributed by atoms with van der Waals surface area (Å²) in [5.74, 6) is 1.56. The Morgan fingerprint density at radius 3 is 2.74 bits per heavy atom. The van der Waals surface area contributed by atoms with E-state index in [1.54, 1.807) is 0 Å². The van der Waals surface area contributed by atoms with E-state index in [2.05, 4.69) is 17.9 Å². The second-order valence-corrected chi connectivity index (χ2v) is 5.28. The molecule has 1 heterocycles. The van der Waals surface area contributed by atoms with E-state index in [0.29, 0.717) is 12.5 Å². The first-order chi connectivity index (χ1) is 9.24. The van der Waals surface area contributed by atoms with Gasteiger partial charge in [0.25, 0.3) is 0 Å². The van der Waals surface area contributed by atoms with Gasteiger partial charge in [-0.25, -0.2) is 0 Å². The predicted molar refractivity (Wildman–Crippen MR) is 75.9 cm³/mol. The van der Waals surface area contributed by atoms with Gasteiger partial charge in [0, 0.05) is 6.54 Å². The first-order valence-electron chi connectivity index (χ1n) is 7.11. The molecule has 1 aromatic rings. The maximum atomic E-state index is 9.47. The molecule has 3 nitrogen and oxygen atoms in total. The standard InChI is InChI=1S/C16H22N2O/c1-3-19-15-8-6-14(7-9-15)16(11-17)18-10-4-5-13(2)12-18/h6-9,13,16H,3-5,10,12H2,1-2H3. The van der Waals surface area contributed by atoms with Gasteiger partial charge in [0.15, 0.2) is 0 Å². The monoisotopic (exact) mass is 258 g/mol. The fraction of sp³-hybridized carbons (Fsp3) is 0.562. The summed E-state index contributed by atoms with van der Waals surface area (Å²) < 4.78 is 5.44. The Bertz CT molecular complexity index is 435. The molecule has 1 aliphatic heterocycles. The van der Waals surface area contributed by atoms with Crippen LogP contribution >= 0.6 is 0 Å². The molecule has 1 aromatic carbocycles. The lowest BCUT2D eigenvalue weighted by Gasteiger charge is -2.34. The van der Waals surface area contributed by atoms with Crippen molar-refractivity contribution in [1.82, 2.24) is 4.90 Å². The molecule has 19 heavy (non-hydrogen) atoms. The fourth-order valence-electron chi connectivity index (χ4n) is 2.74. The number of hydrogen-bond acceptors (Lipinski definition) is 3. The zero-order valence-electron chi connectivity index (χ0n) is 11.8. The number of nitriles is 1. The summed E-state index contributed by atoms with van der Waals surface area (Å²) in [6.07, 6.45) is 2.47. The number of benzene rings is 1. The number of nitrogens with zero attached hydrogens (tertiary/aromatic N) is 2. The summed E-state index contributed by atoms with van der Waals surface area (Å²) in [5.41, 5.74) is 1.07. The van der Waals surface area contributed by atoms with Crippen LogP contribution in [0.3, 0.4) is 0 Å². The van der Waals surface area contributed by atoms with Crippen molar-refractivity contribution in [1.29, 1.82) is 5.26 Å². The van der Waals surface area contributed by atoms with Gasteiger partial charge in [0.05, 0.1) is 12.7 Å². The van der Waals surface area contributed by atoms with E-state index in [-0.39, 0.29) is 6.04 Å². The second kappa shape index (κ2) is 6.58. The summed E-state index contributed by atoms with van der Waals surface area (Å²) >= 11 is 0. The average molecular weight is 258 g/mol. The molecule has 1 aliphatic rings. The third kappa shape index (κ3) is 3.48. The van der Waals surface area contributed by atoms with E-state index < -0.39 is 0 Å². The molecule has 2 unspecified atom stereocenters. The van der Waals surface area contributed by atoms with E-state index in [9.17, 15) is 5.26 Å². The van der Waals surface area contributed by atoms with Gasteiger partial charge in [-0.15, -0.1) is 0 Å².